The van der Waals surface area contributed by atoms with Crippen LogP contribution in [0.15, 0.2) is 30.3 Å². The molecule has 136 valence electrons. The second kappa shape index (κ2) is 7.46. The molecule has 0 saturated carbocycles. The van der Waals surface area contributed by atoms with Gasteiger partial charge in [-0.3, -0.25) is 8.37 Å². The van der Waals surface area contributed by atoms with Crippen LogP contribution < -0.4 is 0 Å². The Morgan fingerprint density at radius 2 is 1.42 bits per heavy atom. The normalized spacial score (nSPS) is 19.2. The van der Waals surface area contributed by atoms with Crippen LogP contribution in [0.1, 0.15) is 11.9 Å². The van der Waals surface area contributed by atoms with Crippen molar-refractivity contribution in [1.82, 2.24) is 0 Å². The van der Waals surface area contributed by atoms with Crippen molar-refractivity contribution in [3.05, 3.63) is 35.9 Å². The highest BCUT2D eigenvalue weighted by Gasteiger charge is 2.40. The Morgan fingerprint density at radius 3 is 1.83 bits per heavy atom. The third kappa shape index (κ3) is 6.11. The third-order valence-corrected chi connectivity index (χ3v) is 4.40. The molecule has 0 atom stereocenters. The van der Waals surface area contributed by atoms with Crippen molar-refractivity contribution in [3.63, 3.8) is 0 Å². The van der Waals surface area contributed by atoms with E-state index < -0.39 is 31.9 Å². The minimum atomic E-state index is -3.70. The molecule has 0 N–H and O–H groups in total. The summed E-state index contributed by atoms with van der Waals surface area (Å²) in [6.45, 7) is -0.555. The van der Waals surface area contributed by atoms with E-state index >= 15 is 0 Å². The molecule has 1 fully saturated rings. The van der Waals surface area contributed by atoms with Gasteiger partial charge in [-0.1, -0.05) is 30.3 Å². The fourth-order valence-corrected chi connectivity index (χ4v) is 3.00. The minimum Gasteiger partial charge on any atom is -0.348 e. The van der Waals surface area contributed by atoms with E-state index in [1.807, 2.05) is 30.3 Å². The predicted molar refractivity (Wildman–Crippen MR) is 85.1 cm³/mol. The maximum Gasteiger partial charge on any atom is 0.264 e. The van der Waals surface area contributed by atoms with Gasteiger partial charge in [-0.2, -0.15) is 16.8 Å². The van der Waals surface area contributed by atoms with E-state index in [2.05, 4.69) is 0 Å². The van der Waals surface area contributed by atoms with Crippen LogP contribution >= 0.6 is 0 Å². The molecule has 2 rings (SSSR count). The Labute approximate surface area is 141 Å². The molecule has 0 unspecified atom stereocenters. The van der Waals surface area contributed by atoms with Gasteiger partial charge in [0.05, 0.1) is 44.4 Å². The van der Waals surface area contributed by atoms with Crippen molar-refractivity contribution < 1.29 is 34.7 Å². The van der Waals surface area contributed by atoms with Gasteiger partial charge in [0, 0.05) is 5.56 Å². The van der Waals surface area contributed by atoms with Crippen LogP contribution in [0, 0.1) is 5.41 Å². The van der Waals surface area contributed by atoms with Gasteiger partial charge in [0.2, 0.25) is 0 Å². The minimum absolute atomic E-state index is 0.0254. The number of ether oxygens (including phenoxy) is 2. The summed E-state index contributed by atoms with van der Waals surface area (Å²) in [5, 5.41) is 0. The molecule has 0 radical (unpaired) electrons. The fraction of sp³-hybridized carbons (Fsp3) is 0.571. The van der Waals surface area contributed by atoms with Gasteiger partial charge in [-0.05, 0) is 0 Å². The Balaban J connectivity index is 2.07. The summed E-state index contributed by atoms with van der Waals surface area (Å²) in [5.74, 6) is 0. The second-order valence-corrected chi connectivity index (χ2v) is 9.09. The lowest BCUT2D eigenvalue weighted by Gasteiger charge is -2.38. The van der Waals surface area contributed by atoms with Crippen LogP contribution in [0.2, 0.25) is 0 Å². The van der Waals surface area contributed by atoms with Crippen molar-refractivity contribution in [2.75, 3.05) is 38.9 Å². The summed E-state index contributed by atoms with van der Waals surface area (Å²) in [6.07, 6.45) is 1.21. The monoisotopic (exact) mass is 380 g/mol. The Hall–Kier alpha value is -1.04. The maximum absolute atomic E-state index is 11.2. The molecule has 1 aromatic rings. The molecular formula is C14H20O8S2. The molecule has 8 nitrogen and oxygen atoms in total. The lowest BCUT2D eigenvalue weighted by atomic mass is 9.91. The van der Waals surface area contributed by atoms with Crippen LogP contribution in [-0.4, -0.2) is 55.8 Å². The first-order chi connectivity index (χ1) is 11.1. The molecule has 10 heteroatoms. The van der Waals surface area contributed by atoms with Crippen LogP contribution in [-0.2, 0) is 38.1 Å². The van der Waals surface area contributed by atoms with Gasteiger partial charge in [0.15, 0.2) is 6.29 Å². The number of benzene rings is 1. The van der Waals surface area contributed by atoms with Crippen molar-refractivity contribution in [2.24, 2.45) is 5.41 Å². The molecule has 1 aliphatic rings. The van der Waals surface area contributed by atoms with Crippen molar-refractivity contribution in [3.8, 4) is 0 Å². The lowest BCUT2D eigenvalue weighted by Crippen LogP contribution is -2.46. The van der Waals surface area contributed by atoms with Gasteiger partial charge in [0.25, 0.3) is 20.2 Å². The SMILES string of the molecule is CS(=O)(=O)OCC1(COS(C)(=O)=O)COC(c2ccccc2)OC1. The Morgan fingerprint density at radius 1 is 0.958 bits per heavy atom. The molecule has 0 aromatic heterocycles. The van der Waals surface area contributed by atoms with Crippen molar-refractivity contribution >= 4 is 20.2 Å². The smallest absolute Gasteiger partial charge is 0.264 e. The van der Waals surface area contributed by atoms with E-state index in [-0.39, 0.29) is 26.4 Å². The number of hydrogen-bond acceptors (Lipinski definition) is 8. The zero-order valence-corrected chi connectivity index (χ0v) is 15.0. The molecule has 0 spiro atoms. The van der Waals surface area contributed by atoms with E-state index in [0.717, 1.165) is 18.1 Å². The molecule has 1 heterocycles. The van der Waals surface area contributed by atoms with E-state index in [1.54, 1.807) is 0 Å². The summed E-state index contributed by atoms with van der Waals surface area (Å²) < 4.78 is 65.9. The molecule has 1 aromatic carbocycles. The van der Waals surface area contributed by atoms with Gasteiger partial charge >= 0.3 is 0 Å². The first-order valence-corrected chi connectivity index (χ1v) is 10.7. The Bertz CT molecular complexity index is 696. The highest BCUT2D eigenvalue weighted by Crippen LogP contribution is 2.33. The van der Waals surface area contributed by atoms with Crippen LogP contribution in [0.5, 0.6) is 0 Å². The quantitative estimate of drug-likeness (QED) is 0.636. The molecule has 1 saturated heterocycles. The molecular weight excluding hydrogens is 360 g/mol. The first-order valence-electron chi connectivity index (χ1n) is 7.06. The maximum atomic E-state index is 11.2. The fourth-order valence-electron chi connectivity index (χ4n) is 2.07. The van der Waals surface area contributed by atoms with Gasteiger partial charge in [-0.15, -0.1) is 0 Å². The first kappa shape index (κ1) is 19.3. The van der Waals surface area contributed by atoms with Crippen LogP contribution in [0.4, 0.5) is 0 Å². The molecule has 0 aliphatic carbocycles. The van der Waals surface area contributed by atoms with Gasteiger partial charge in [0.1, 0.15) is 0 Å². The molecule has 24 heavy (non-hydrogen) atoms. The van der Waals surface area contributed by atoms with E-state index in [9.17, 15) is 16.8 Å². The summed E-state index contributed by atoms with van der Waals surface area (Å²) in [5.41, 5.74) is -0.239. The van der Waals surface area contributed by atoms with Crippen LogP contribution in [0.25, 0.3) is 0 Å². The summed E-state index contributed by atoms with van der Waals surface area (Å²) in [4.78, 5) is 0. The third-order valence-electron chi connectivity index (χ3n) is 3.31. The summed E-state index contributed by atoms with van der Waals surface area (Å²) in [6, 6.07) is 9.19. The standard InChI is InChI=1S/C14H20O8S2/c1-23(15,16)21-10-14(11-22-24(2,17)18)8-19-13(20-9-14)12-6-4-3-5-7-12/h3-7,13H,8-11H2,1-2H3. The number of rotatable bonds is 7. The average molecular weight is 380 g/mol. The Kier molecular flexibility index (Phi) is 6.00. The largest absolute Gasteiger partial charge is 0.348 e. The topological polar surface area (TPSA) is 105 Å². The molecule has 1 aliphatic heterocycles. The van der Waals surface area contributed by atoms with Gasteiger partial charge in [-0.25, -0.2) is 0 Å². The molecule has 0 amide bonds. The van der Waals surface area contributed by atoms with E-state index in [0.29, 0.717) is 0 Å². The van der Waals surface area contributed by atoms with Crippen LogP contribution in [0.3, 0.4) is 0 Å². The summed E-state index contributed by atoms with van der Waals surface area (Å²) in [7, 11) is -7.39. The van der Waals surface area contributed by atoms with Crippen molar-refractivity contribution in [2.45, 2.75) is 6.29 Å². The molecule has 0 bridgehead atoms. The average Bonchev–Trinajstić information content (AvgIpc) is 2.51. The predicted octanol–water partition coefficient (Wildman–Crippen LogP) is 0.671. The highest BCUT2D eigenvalue weighted by atomic mass is 32.2. The van der Waals surface area contributed by atoms with Gasteiger partial charge < -0.3 is 9.47 Å². The number of hydrogen-bond donors (Lipinski definition) is 0. The van der Waals surface area contributed by atoms with E-state index in [1.165, 1.54) is 0 Å². The summed E-state index contributed by atoms with van der Waals surface area (Å²) >= 11 is 0. The zero-order valence-electron chi connectivity index (χ0n) is 13.4. The lowest BCUT2D eigenvalue weighted by molar-refractivity contribution is -0.244. The second-order valence-electron chi connectivity index (χ2n) is 5.80. The zero-order chi connectivity index (χ0) is 17.8. The van der Waals surface area contributed by atoms with E-state index in [4.69, 9.17) is 17.8 Å². The van der Waals surface area contributed by atoms with Crippen molar-refractivity contribution in [1.29, 1.82) is 0 Å². The highest BCUT2D eigenvalue weighted by molar-refractivity contribution is 7.86.